The van der Waals surface area contributed by atoms with Crippen LogP contribution in [0.5, 0.6) is 5.75 Å². The molecule has 1 aromatic heterocycles. The molecule has 33 heavy (non-hydrogen) atoms. The fourth-order valence-corrected chi connectivity index (χ4v) is 5.32. The van der Waals surface area contributed by atoms with Crippen LogP contribution in [0.3, 0.4) is 0 Å². The van der Waals surface area contributed by atoms with Crippen LogP contribution >= 0.6 is 0 Å². The monoisotopic (exact) mass is 458 g/mol. The minimum absolute atomic E-state index is 0.112. The van der Waals surface area contributed by atoms with Gasteiger partial charge in [-0.3, -0.25) is 0 Å². The maximum atomic E-state index is 12.8. The molecule has 0 aliphatic heterocycles. The fraction of sp³-hybridized carbons (Fsp3) is 0.125. The molecule has 1 atom stereocenters. The van der Waals surface area contributed by atoms with Crippen molar-refractivity contribution in [3.63, 3.8) is 0 Å². The molecule has 1 aliphatic carbocycles. The van der Waals surface area contributed by atoms with Crippen LogP contribution in [0.1, 0.15) is 29.2 Å². The van der Waals surface area contributed by atoms with E-state index in [0.29, 0.717) is 24.2 Å². The molecule has 164 valence electrons. The van der Waals surface area contributed by atoms with Gasteiger partial charge < -0.3 is 9.63 Å². The van der Waals surface area contributed by atoms with Crippen LogP contribution < -0.4 is 4.72 Å². The highest BCUT2D eigenvalue weighted by Crippen LogP contribution is 2.38. The molecule has 0 saturated carbocycles. The number of phenols is 1. The maximum Gasteiger partial charge on any atom is 0.258 e. The lowest BCUT2D eigenvalue weighted by Gasteiger charge is -2.15. The predicted octanol–water partition coefficient (Wildman–Crippen LogP) is 3.95. The van der Waals surface area contributed by atoms with E-state index in [2.05, 4.69) is 14.9 Å². The second-order valence-electron chi connectivity index (χ2n) is 7.67. The van der Waals surface area contributed by atoms with E-state index in [1.54, 1.807) is 36.4 Å². The summed E-state index contributed by atoms with van der Waals surface area (Å²) < 4.78 is 33.8. The lowest BCUT2D eigenvalue weighted by molar-refractivity contribution is 0.432. The first-order valence-electron chi connectivity index (χ1n) is 10.2. The molecular formula is C24H18N4O4S. The van der Waals surface area contributed by atoms with Gasteiger partial charge in [-0.25, -0.2) is 13.1 Å². The van der Waals surface area contributed by atoms with E-state index >= 15 is 0 Å². The van der Waals surface area contributed by atoms with E-state index < -0.39 is 10.0 Å². The summed E-state index contributed by atoms with van der Waals surface area (Å²) in [7, 11) is -3.65. The van der Waals surface area contributed by atoms with Crippen LogP contribution in [-0.2, 0) is 16.4 Å². The Kier molecular flexibility index (Phi) is 5.17. The van der Waals surface area contributed by atoms with Crippen molar-refractivity contribution in [3.05, 3.63) is 83.4 Å². The van der Waals surface area contributed by atoms with E-state index in [9.17, 15) is 13.5 Å². The van der Waals surface area contributed by atoms with Crippen LogP contribution in [0, 0.1) is 11.3 Å². The number of aromatic hydroxyl groups is 1. The zero-order valence-corrected chi connectivity index (χ0v) is 18.1. The summed E-state index contributed by atoms with van der Waals surface area (Å²) in [4.78, 5) is 4.70. The Morgan fingerprint density at radius 2 is 1.91 bits per heavy atom. The number of benzene rings is 3. The Bertz CT molecular complexity index is 1490. The summed E-state index contributed by atoms with van der Waals surface area (Å²) in [5, 5.41) is 22.9. The molecule has 2 N–H and O–H groups in total. The third-order valence-electron chi connectivity index (χ3n) is 5.65. The van der Waals surface area contributed by atoms with Gasteiger partial charge in [0.1, 0.15) is 11.8 Å². The molecule has 0 spiro atoms. The van der Waals surface area contributed by atoms with Crippen LogP contribution in [0.2, 0.25) is 0 Å². The first-order valence-corrected chi connectivity index (χ1v) is 11.7. The van der Waals surface area contributed by atoms with Crippen molar-refractivity contribution in [3.8, 4) is 34.7 Å². The number of nitrogens with zero attached hydrogens (tertiary/aromatic N) is 3. The Hall–Kier alpha value is -4.00. The Morgan fingerprint density at radius 3 is 2.70 bits per heavy atom. The molecule has 8 nitrogen and oxygen atoms in total. The van der Waals surface area contributed by atoms with Crippen molar-refractivity contribution in [2.45, 2.75) is 23.8 Å². The molecule has 3 aromatic carbocycles. The number of aromatic nitrogens is 2. The van der Waals surface area contributed by atoms with E-state index in [-0.39, 0.29) is 28.1 Å². The number of hydrogen-bond donors (Lipinski definition) is 2. The average molecular weight is 458 g/mol. The van der Waals surface area contributed by atoms with Crippen molar-refractivity contribution in [1.29, 1.82) is 5.26 Å². The summed E-state index contributed by atoms with van der Waals surface area (Å²) in [6.45, 7) is 0. The van der Waals surface area contributed by atoms with Crippen molar-refractivity contribution in [1.82, 2.24) is 14.9 Å². The molecule has 0 saturated heterocycles. The first kappa shape index (κ1) is 20.9. The highest BCUT2D eigenvalue weighted by molar-refractivity contribution is 7.89. The van der Waals surface area contributed by atoms with Crippen LogP contribution in [0.15, 0.2) is 76.1 Å². The van der Waals surface area contributed by atoms with E-state index in [4.69, 9.17) is 9.78 Å². The van der Waals surface area contributed by atoms with Gasteiger partial charge in [0.2, 0.25) is 15.8 Å². The number of nitriles is 1. The van der Waals surface area contributed by atoms with Crippen LogP contribution in [0.25, 0.3) is 22.8 Å². The van der Waals surface area contributed by atoms with Crippen molar-refractivity contribution in [2.75, 3.05) is 0 Å². The molecule has 1 heterocycles. The third-order valence-corrected chi connectivity index (χ3v) is 7.14. The SMILES string of the molecule is N#Cc1cc(-c2nc(-c3cccc4c3CCC4NS(=O)(=O)c3ccccc3)no2)ccc1O. The zero-order valence-electron chi connectivity index (χ0n) is 17.3. The topological polar surface area (TPSA) is 129 Å². The van der Waals surface area contributed by atoms with E-state index in [1.165, 1.54) is 12.1 Å². The third kappa shape index (κ3) is 3.86. The lowest BCUT2D eigenvalue weighted by atomic mass is 10.0. The maximum absolute atomic E-state index is 12.8. The molecule has 0 amide bonds. The van der Waals surface area contributed by atoms with E-state index in [1.807, 2.05) is 24.3 Å². The molecule has 0 fully saturated rings. The fourth-order valence-electron chi connectivity index (χ4n) is 4.05. The van der Waals surface area contributed by atoms with Gasteiger partial charge in [-0.05, 0) is 54.3 Å². The smallest absolute Gasteiger partial charge is 0.258 e. The largest absolute Gasteiger partial charge is 0.507 e. The summed E-state index contributed by atoms with van der Waals surface area (Å²) in [5.41, 5.74) is 3.25. The number of nitrogens with one attached hydrogen (secondary N) is 1. The number of fused-ring (bicyclic) bond motifs is 1. The molecule has 9 heteroatoms. The quantitative estimate of drug-likeness (QED) is 0.463. The van der Waals surface area contributed by atoms with Gasteiger partial charge in [-0.15, -0.1) is 0 Å². The van der Waals surface area contributed by atoms with Crippen molar-refractivity contribution >= 4 is 10.0 Å². The summed E-state index contributed by atoms with van der Waals surface area (Å²) in [5.74, 6) is 0.476. The van der Waals surface area contributed by atoms with Crippen LogP contribution in [-0.4, -0.2) is 23.7 Å². The van der Waals surface area contributed by atoms with Crippen molar-refractivity contribution < 1.29 is 18.0 Å². The molecule has 1 unspecified atom stereocenters. The predicted molar refractivity (Wildman–Crippen MR) is 119 cm³/mol. The normalized spacial score (nSPS) is 15.2. The van der Waals surface area contributed by atoms with Gasteiger partial charge in [-0.2, -0.15) is 10.2 Å². The molecule has 0 radical (unpaired) electrons. The second-order valence-corrected chi connectivity index (χ2v) is 9.38. The average Bonchev–Trinajstić information content (AvgIpc) is 3.48. The Labute approximate surface area is 190 Å². The van der Waals surface area contributed by atoms with Crippen molar-refractivity contribution in [2.24, 2.45) is 0 Å². The van der Waals surface area contributed by atoms with Gasteiger partial charge >= 0.3 is 0 Å². The standard InChI is InChI=1S/C24H18N4O4S/c25-14-16-13-15(9-12-22(16)29)24-26-23(27-32-24)20-8-4-7-19-18(20)10-11-21(19)28-33(30,31)17-5-2-1-3-6-17/h1-9,12-13,21,28-29H,10-11H2. The van der Waals surface area contributed by atoms with Crippen LogP contribution in [0.4, 0.5) is 0 Å². The van der Waals surface area contributed by atoms with E-state index in [0.717, 1.165) is 16.7 Å². The number of rotatable bonds is 5. The summed E-state index contributed by atoms with van der Waals surface area (Å²) in [6.07, 6.45) is 1.28. The minimum Gasteiger partial charge on any atom is -0.507 e. The molecule has 4 aromatic rings. The van der Waals surface area contributed by atoms with Gasteiger partial charge in [0.15, 0.2) is 0 Å². The number of sulfonamides is 1. The highest BCUT2D eigenvalue weighted by Gasteiger charge is 2.30. The van der Waals surface area contributed by atoms with Gasteiger partial charge in [0.05, 0.1) is 10.5 Å². The van der Waals surface area contributed by atoms with Gasteiger partial charge in [0, 0.05) is 17.2 Å². The Morgan fingerprint density at radius 1 is 1.09 bits per heavy atom. The second kappa shape index (κ2) is 8.16. The number of hydrogen-bond acceptors (Lipinski definition) is 7. The molecule has 1 aliphatic rings. The zero-order chi connectivity index (χ0) is 23.0. The lowest BCUT2D eigenvalue weighted by Crippen LogP contribution is -2.27. The summed E-state index contributed by atoms with van der Waals surface area (Å²) in [6, 6.07) is 20.0. The summed E-state index contributed by atoms with van der Waals surface area (Å²) >= 11 is 0. The Balaban J connectivity index is 1.45. The molecule has 5 rings (SSSR count). The molecule has 0 bridgehead atoms. The minimum atomic E-state index is -3.65. The first-order chi connectivity index (χ1) is 16.0. The van der Waals surface area contributed by atoms with Gasteiger partial charge in [-0.1, -0.05) is 41.6 Å². The highest BCUT2D eigenvalue weighted by atomic mass is 32.2. The number of phenolic OH excluding ortho intramolecular Hbond substituents is 1. The molecular weight excluding hydrogens is 440 g/mol. The van der Waals surface area contributed by atoms with Gasteiger partial charge in [0.25, 0.3) is 5.89 Å².